The fourth-order valence-electron chi connectivity index (χ4n) is 2.77. The largest absolute Gasteiger partial charge is 0.481 e. The van der Waals surface area contributed by atoms with Crippen molar-refractivity contribution in [3.63, 3.8) is 0 Å². The number of carbonyl (C=O) groups is 1. The highest BCUT2D eigenvalue weighted by atomic mass is 16.5. The van der Waals surface area contributed by atoms with E-state index < -0.39 is 0 Å². The van der Waals surface area contributed by atoms with Gasteiger partial charge in [-0.2, -0.15) is 0 Å². The maximum atomic E-state index is 12.6. The summed E-state index contributed by atoms with van der Waals surface area (Å²) in [5.41, 5.74) is 1.80. The van der Waals surface area contributed by atoms with Crippen molar-refractivity contribution in [1.29, 1.82) is 0 Å². The van der Waals surface area contributed by atoms with Gasteiger partial charge in [-0.05, 0) is 29.7 Å². The van der Waals surface area contributed by atoms with Crippen LogP contribution in [0.2, 0.25) is 0 Å². The maximum Gasteiger partial charge on any atom is 0.274 e. The lowest BCUT2D eigenvalue weighted by Crippen LogP contribution is -2.14. The number of aromatic nitrogens is 2. The second-order valence-corrected chi connectivity index (χ2v) is 5.61. The van der Waals surface area contributed by atoms with E-state index in [1.807, 2.05) is 54.6 Å². The molecule has 0 bridgehead atoms. The Morgan fingerprint density at radius 3 is 2.60 bits per heavy atom. The molecule has 25 heavy (non-hydrogen) atoms. The van der Waals surface area contributed by atoms with Gasteiger partial charge in [-0.1, -0.05) is 36.4 Å². The summed E-state index contributed by atoms with van der Waals surface area (Å²) in [6.07, 6.45) is 1.64. The molecule has 0 aliphatic carbocycles. The molecule has 1 N–H and O–H groups in total. The number of ether oxygens (including phenoxy) is 1. The number of amides is 1. The Hall–Kier alpha value is -3.47. The molecule has 0 saturated carbocycles. The fraction of sp³-hybridized carbons (Fsp3) is 0.0500. The molecule has 122 valence electrons. The molecular formula is C20H15N3O2. The van der Waals surface area contributed by atoms with Gasteiger partial charge >= 0.3 is 0 Å². The van der Waals surface area contributed by atoms with Crippen LogP contribution >= 0.6 is 0 Å². The van der Waals surface area contributed by atoms with Crippen LogP contribution in [0.5, 0.6) is 5.88 Å². The smallest absolute Gasteiger partial charge is 0.274 e. The fourth-order valence-corrected chi connectivity index (χ4v) is 2.77. The molecule has 0 spiro atoms. The van der Waals surface area contributed by atoms with Crippen molar-refractivity contribution in [1.82, 2.24) is 9.97 Å². The molecule has 2 aromatic carbocycles. The van der Waals surface area contributed by atoms with Crippen LogP contribution in [0.25, 0.3) is 21.7 Å². The standard InChI is InChI=1S/C20H15N3O2/c1-25-20-16-8-4-2-6-13(16)11-18(23-20)19(24)22-15-10-14-7-3-5-9-17(14)21-12-15/h2-12H,1H3,(H,22,24). The number of pyridine rings is 2. The van der Waals surface area contributed by atoms with Crippen LogP contribution in [0.3, 0.4) is 0 Å². The Bertz CT molecular complexity index is 1090. The number of benzene rings is 2. The van der Waals surface area contributed by atoms with Crippen LogP contribution in [-0.4, -0.2) is 23.0 Å². The molecule has 0 unspecified atom stereocenters. The van der Waals surface area contributed by atoms with Crippen LogP contribution in [0.4, 0.5) is 5.69 Å². The molecule has 0 saturated heterocycles. The zero-order valence-corrected chi connectivity index (χ0v) is 13.6. The number of rotatable bonds is 3. The van der Waals surface area contributed by atoms with E-state index in [4.69, 9.17) is 4.74 Å². The van der Waals surface area contributed by atoms with Crippen LogP contribution in [0, 0.1) is 0 Å². The third-order valence-electron chi connectivity index (χ3n) is 3.98. The van der Waals surface area contributed by atoms with Crippen LogP contribution in [0.1, 0.15) is 10.5 Å². The summed E-state index contributed by atoms with van der Waals surface area (Å²) >= 11 is 0. The number of anilines is 1. The molecule has 4 aromatic rings. The van der Waals surface area contributed by atoms with Gasteiger partial charge in [0.05, 0.1) is 24.5 Å². The Balaban J connectivity index is 1.69. The predicted molar refractivity (Wildman–Crippen MR) is 98.0 cm³/mol. The summed E-state index contributed by atoms with van der Waals surface area (Å²) < 4.78 is 5.32. The lowest BCUT2D eigenvalue weighted by molar-refractivity contribution is 0.102. The average Bonchev–Trinajstić information content (AvgIpc) is 2.67. The Morgan fingerprint density at radius 2 is 1.76 bits per heavy atom. The van der Waals surface area contributed by atoms with Gasteiger partial charge in [-0.25, -0.2) is 4.98 Å². The first kappa shape index (κ1) is 15.1. The Kier molecular flexibility index (Phi) is 3.74. The van der Waals surface area contributed by atoms with Gasteiger partial charge in [0.25, 0.3) is 5.91 Å². The van der Waals surface area contributed by atoms with Crippen molar-refractivity contribution in [3.05, 3.63) is 72.6 Å². The van der Waals surface area contributed by atoms with Gasteiger partial charge in [0.2, 0.25) is 5.88 Å². The number of fused-ring (bicyclic) bond motifs is 2. The molecule has 2 heterocycles. The molecule has 0 aliphatic rings. The second kappa shape index (κ2) is 6.20. The van der Waals surface area contributed by atoms with Gasteiger partial charge in [0.1, 0.15) is 5.69 Å². The lowest BCUT2D eigenvalue weighted by atomic mass is 10.1. The summed E-state index contributed by atoms with van der Waals surface area (Å²) in [6.45, 7) is 0. The summed E-state index contributed by atoms with van der Waals surface area (Å²) in [4.78, 5) is 21.3. The molecule has 0 aliphatic heterocycles. The van der Waals surface area contributed by atoms with Crippen molar-refractivity contribution < 1.29 is 9.53 Å². The van der Waals surface area contributed by atoms with Crippen molar-refractivity contribution in [3.8, 4) is 5.88 Å². The van der Waals surface area contributed by atoms with Crippen molar-refractivity contribution in [2.45, 2.75) is 0 Å². The molecule has 0 fully saturated rings. The monoisotopic (exact) mass is 329 g/mol. The molecule has 2 aromatic heterocycles. The van der Waals surface area contributed by atoms with Crippen molar-refractivity contribution >= 4 is 33.3 Å². The summed E-state index contributed by atoms with van der Waals surface area (Å²) in [7, 11) is 1.55. The first-order valence-electron chi connectivity index (χ1n) is 7.84. The number of hydrogen-bond acceptors (Lipinski definition) is 4. The summed E-state index contributed by atoms with van der Waals surface area (Å²) in [6, 6.07) is 19.0. The van der Waals surface area contributed by atoms with Crippen LogP contribution < -0.4 is 10.1 Å². The quantitative estimate of drug-likeness (QED) is 0.616. The van der Waals surface area contributed by atoms with Gasteiger partial charge in [-0.3, -0.25) is 9.78 Å². The third-order valence-corrected chi connectivity index (χ3v) is 3.98. The van der Waals surface area contributed by atoms with Gasteiger partial charge < -0.3 is 10.1 Å². The number of para-hydroxylation sites is 1. The van der Waals surface area contributed by atoms with E-state index in [-0.39, 0.29) is 5.91 Å². The molecule has 0 atom stereocenters. The Morgan fingerprint density at radius 1 is 1.00 bits per heavy atom. The zero-order valence-electron chi connectivity index (χ0n) is 13.6. The minimum atomic E-state index is -0.305. The van der Waals surface area contributed by atoms with Gasteiger partial charge in [-0.15, -0.1) is 0 Å². The molecule has 5 nitrogen and oxygen atoms in total. The number of carbonyl (C=O) groups excluding carboxylic acids is 1. The minimum absolute atomic E-state index is 0.295. The average molecular weight is 329 g/mol. The zero-order chi connectivity index (χ0) is 17.2. The highest BCUT2D eigenvalue weighted by Gasteiger charge is 2.13. The topological polar surface area (TPSA) is 64.1 Å². The minimum Gasteiger partial charge on any atom is -0.481 e. The number of nitrogens with zero attached hydrogens (tertiary/aromatic N) is 2. The van der Waals surface area contributed by atoms with E-state index in [1.165, 1.54) is 0 Å². The lowest BCUT2D eigenvalue weighted by Gasteiger charge is -2.09. The van der Waals surface area contributed by atoms with E-state index in [1.54, 1.807) is 19.4 Å². The third kappa shape index (κ3) is 2.87. The summed E-state index contributed by atoms with van der Waals surface area (Å²) in [5, 5.41) is 5.58. The van der Waals surface area contributed by atoms with Crippen molar-refractivity contribution in [2.24, 2.45) is 0 Å². The van der Waals surface area contributed by atoms with Crippen molar-refractivity contribution in [2.75, 3.05) is 12.4 Å². The van der Waals surface area contributed by atoms with E-state index in [0.717, 1.165) is 21.7 Å². The molecule has 5 heteroatoms. The number of methoxy groups -OCH3 is 1. The van der Waals surface area contributed by atoms with Crippen LogP contribution in [0.15, 0.2) is 66.9 Å². The predicted octanol–water partition coefficient (Wildman–Crippen LogP) is 4.04. The van der Waals surface area contributed by atoms with Crippen LogP contribution in [-0.2, 0) is 0 Å². The number of hydrogen-bond donors (Lipinski definition) is 1. The molecule has 4 rings (SSSR count). The maximum absolute atomic E-state index is 12.6. The highest BCUT2D eigenvalue weighted by molar-refractivity contribution is 6.06. The van der Waals surface area contributed by atoms with Gasteiger partial charge in [0.15, 0.2) is 0 Å². The highest BCUT2D eigenvalue weighted by Crippen LogP contribution is 2.24. The van der Waals surface area contributed by atoms with Gasteiger partial charge in [0, 0.05) is 10.8 Å². The normalized spacial score (nSPS) is 10.8. The van der Waals surface area contributed by atoms with E-state index in [2.05, 4.69) is 15.3 Å². The Labute approximate surface area is 144 Å². The molecule has 1 amide bonds. The van der Waals surface area contributed by atoms with E-state index in [0.29, 0.717) is 17.3 Å². The number of nitrogens with one attached hydrogen (secondary N) is 1. The van der Waals surface area contributed by atoms with E-state index in [9.17, 15) is 4.79 Å². The summed E-state index contributed by atoms with van der Waals surface area (Å²) in [5.74, 6) is 0.126. The first-order chi connectivity index (χ1) is 12.2. The molecular weight excluding hydrogens is 314 g/mol. The second-order valence-electron chi connectivity index (χ2n) is 5.61. The van der Waals surface area contributed by atoms with E-state index >= 15 is 0 Å². The SMILES string of the molecule is COc1nc(C(=O)Nc2cnc3ccccc3c2)cc2ccccc12. The molecule has 0 radical (unpaired) electrons. The first-order valence-corrected chi connectivity index (χ1v) is 7.84.